The Bertz CT molecular complexity index is 520. The maximum Gasteiger partial charge on any atom is 0.407 e. The van der Waals surface area contributed by atoms with E-state index >= 15 is 0 Å². The van der Waals surface area contributed by atoms with Gasteiger partial charge in [0.2, 0.25) is 0 Å². The van der Waals surface area contributed by atoms with Crippen molar-refractivity contribution in [3.8, 4) is 0 Å². The van der Waals surface area contributed by atoms with E-state index in [0.29, 0.717) is 12.5 Å². The van der Waals surface area contributed by atoms with Crippen molar-refractivity contribution in [1.29, 1.82) is 0 Å². The molecule has 0 aliphatic carbocycles. The summed E-state index contributed by atoms with van der Waals surface area (Å²) in [5.41, 5.74) is 0.813. The number of likely N-dealkylation sites (tertiary alicyclic amines) is 1. The van der Waals surface area contributed by atoms with E-state index < -0.39 is 5.60 Å². The minimum atomic E-state index is -0.440. The zero-order valence-electron chi connectivity index (χ0n) is 14.3. The van der Waals surface area contributed by atoms with Crippen LogP contribution in [0.25, 0.3) is 0 Å². The molecule has 1 amide bonds. The molecule has 1 saturated heterocycles. The van der Waals surface area contributed by atoms with Gasteiger partial charge in [-0.3, -0.25) is 4.90 Å². The highest BCUT2D eigenvalue weighted by atomic mass is 35.5. The summed E-state index contributed by atoms with van der Waals surface area (Å²) in [5.74, 6) is 0.526. The number of amides is 1. The zero-order chi connectivity index (χ0) is 16.9. The van der Waals surface area contributed by atoms with Crippen LogP contribution in [0.4, 0.5) is 4.79 Å². The Balaban J connectivity index is 1.69. The van der Waals surface area contributed by atoms with Gasteiger partial charge in [-0.2, -0.15) is 0 Å². The summed E-state index contributed by atoms with van der Waals surface area (Å²) in [6.07, 6.45) is 1.87. The summed E-state index contributed by atoms with van der Waals surface area (Å²) in [5, 5.41) is 3.67. The molecule has 23 heavy (non-hydrogen) atoms. The predicted molar refractivity (Wildman–Crippen MR) is 93.7 cm³/mol. The molecule has 0 unspecified atom stereocenters. The highest BCUT2D eigenvalue weighted by Crippen LogP contribution is 2.20. The highest BCUT2D eigenvalue weighted by molar-refractivity contribution is 6.30. The molecule has 0 spiro atoms. The van der Waals surface area contributed by atoms with Gasteiger partial charge in [0.15, 0.2) is 0 Å². The van der Waals surface area contributed by atoms with Crippen molar-refractivity contribution in [2.75, 3.05) is 19.6 Å². The molecule has 1 aromatic rings. The van der Waals surface area contributed by atoms with E-state index in [2.05, 4.69) is 16.3 Å². The van der Waals surface area contributed by atoms with Crippen LogP contribution in [-0.2, 0) is 11.3 Å². The van der Waals surface area contributed by atoms with Crippen molar-refractivity contribution in [1.82, 2.24) is 10.2 Å². The van der Waals surface area contributed by atoms with Crippen LogP contribution in [0.3, 0.4) is 0 Å². The summed E-state index contributed by atoms with van der Waals surface area (Å²) in [7, 11) is 0. The van der Waals surface area contributed by atoms with E-state index in [1.165, 1.54) is 5.56 Å². The molecule has 1 heterocycles. The van der Waals surface area contributed by atoms with Gasteiger partial charge in [-0.15, -0.1) is 0 Å². The van der Waals surface area contributed by atoms with Gasteiger partial charge >= 0.3 is 6.09 Å². The van der Waals surface area contributed by atoms with Crippen LogP contribution >= 0.6 is 11.6 Å². The number of halogens is 1. The third kappa shape index (κ3) is 6.80. The van der Waals surface area contributed by atoms with Gasteiger partial charge in [-0.25, -0.2) is 4.79 Å². The zero-order valence-corrected chi connectivity index (χ0v) is 15.0. The molecule has 128 valence electrons. The van der Waals surface area contributed by atoms with Crippen LogP contribution in [0.1, 0.15) is 39.2 Å². The summed E-state index contributed by atoms with van der Waals surface area (Å²) in [4.78, 5) is 14.1. The van der Waals surface area contributed by atoms with Crippen molar-refractivity contribution in [3.63, 3.8) is 0 Å². The SMILES string of the molecule is CC(C)(C)OC(=O)NCC1CCN(Cc2cccc(Cl)c2)CC1. The Kier molecular flexibility index (Phi) is 6.31. The fourth-order valence-corrected chi connectivity index (χ4v) is 3.00. The summed E-state index contributed by atoms with van der Waals surface area (Å²) >= 11 is 6.03. The fourth-order valence-electron chi connectivity index (χ4n) is 2.78. The van der Waals surface area contributed by atoms with Crippen LogP contribution in [-0.4, -0.2) is 36.2 Å². The van der Waals surface area contributed by atoms with Crippen molar-refractivity contribution in [3.05, 3.63) is 34.9 Å². The quantitative estimate of drug-likeness (QED) is 0.899. The first-order valence-corrected chi connectivity index (χ1v) is 8.63. The summed E-state index contributed by atoms with van der Waals surface area (Å²) in [6.45, 7) is 9.36. The largest absolute Gasteiger partial charge is 0.444 e. The monoisotopic (exact) mass is 338 g/mol. The molecule has 1 fully saturated rings. The van der Waals surface area contributed by atoms with Gasteiger partial charge in [0.05, 0.1) is 0 Å². The van der Waals surface area contributed by atoms with Gasteiger partial charge in [0.1, 0.15) is 5.60 Å². The highest BCUT2D eigenvalue weighted by Gasteiger charge is 2.21. The average Bonchev–Trinajstić information content (AvgIpc) is 2.45. The number of piperidine rings is 1. The first kappa shape index (κ1) is 18.1. The molecule has 1 aliphatic rings. The second-order valence-corrected chi connectivity index (χ2v) is 7.67. The number of ether oxygens (including phenoxy) is 1. The van der Waals surface area contributed by atoms with Crippen LogP contribution in [0, 0.1) is 5.92 Å². The lowest BCUT2D eigenvalue weighted by molar-refractivity contribution is 0.0509. The normalized spacial score (nSPS) is 17.0. The number of rotatable bonds is 4. The minimum absolute atomic E-state index is 0.321. The number of hydrogen-bond donors (Lipinski definition) is 1. The Labute approximate surface area is 144 Å². The number of nitrogens with one attached hydrogen (secondary N) is 1. The van der Waals surface area contributed by atoms with Gasteiger partial charge in [0.25, 0.3) is 0 Å². The lowest BCUT2D eigenvalue weighted by Crippen LogP contribution is -2.40. The molecule has 4 nitrogen and oxygen atoms in total. The fraction of sp³-hybridized carbons (Fsp3) is 0.611. The molecular formula is C18H27ClN2O2. The Morgan fingerprint density at radius 3 is 2.65 bits per heavy atom. The predicted octanol–water partition coefficient (Wildman–Crippen LogP) is 4.08. The maximum atomic E-state index is 11.7. The minimum Gasteiger partial charge on any atom is -0.444 e. The second kappa shape index (κ2) is 8.02. The van der Waals surface area contributed by atoms with E-state index in [-0.39, 0.29) is 6.09 Å². The van der Waals surface area contributed by atoms with Crippen LogP contribution in [0.15, 0.2) is 24.3 Å². The van der Waals surface area contributed by atoms with Crippen molar-refractivity contribution in [2.24, 2.45) is 5.92 Å². The van der Waals surface area contributed by atoms with Gasteiger partial charge in [-0.05, 0) is 70.3 Å². The molecule has 1 aliphatic heterocycles. The van der Waals surface area contributed by atoms with E-state index in [1.807, 2.05) is 39.0 Å². The van der Waals surface area contributed by atoms with Gasteiger partial charge in [-0.1, -0.05) is 23.7 Å². The Morgan fingerprint density at radius 2 is 2.04 bits per heavy atom. The van der Waals surface area contributed by atoms with Crippen molar-refractivity contribution >= 4 is 17.7 Å². The first-order chi connectivity index (χ1) is 10.8. The molecule has 0 radical (unpaired) electrons. The van der Waals surface area contributed by atoms with Gasteiger partial charge < -0.3 is 10.1 Å². The third-order valence-electron chi connectivity index (χ3n) is 3.94. The molecule has 1 N–H and O–H groups in total. The molecule has 5 heteroatoms. The topological polar surface area (TPSA) is 41.6 Å². The molecule has 0 atom stereocenters. The molecule has 0 aromatic heterocycles. The number of carbonyl (C=O) groups is 1. The summed E-state index contributed by atoms with van der Waals surface area (Å²) in [6, 6.07) is 8.04. The van der Waals surface area contributed by atoms with Crippen molar-refractivity contribution < 1.29 is 9.53 Å². The second-order valence-electron chi connectivity index (χ2n) is 7.23. The first-order valence-electron chi connectivity index (χ1n) is 8.25. The number of benzene rings is 1. The van der Waals surface area contributed by atoms with E-state index in [0.717, 1.165) is 37.5 Å². The standard InChI is InChI=1S/C18H27ClN2O2/c1-18(2,3)23-17(22)20-12-14-7-9-21(10-8-14)13-15-5-4-6-16(19)11-15/h4-6,11,14H,7-10,12-13H2,1-3H3,(H,20,22). The number of nitrogens with zero attached hydrogens (tertiary/aromatic N) is 1. The number of hydrogen-bond acceptors (Lipinski definition) is 3. The Morgan fingerprint density at radius 1 is 1.35 bits per heavy atom. The lowest BCUT2D eigenvalue weighted by Gasteiger charge is -2.32. The van der Waals surface area contributed by atoms with Crippen molar-refractivity contribution in [2.45, 2.75) is 45.8 Å². The molecule has 2 rings (SSSR count). The number of alkyl carbamates (subject to hydrolysis) is 1. The summed E-state index contributed by atoms with van der Waals surface area (Å²) < 4.78 is 5.27. The number of carbonyl (C=O) groups excluding carboxylic acids is 1. The maximum absolute atomic E-state index is 11.7. The molecule has 0 saturated carbocycles. The lowest BCUT2D eigenvalue weighted by atomic mass is 9.96. The van der Waals surface area contributed by atoms with Gasteiger partial charge in [0, 0.05) is 18.1 Å². The van der Waals surface area contributed by atoms with Crippen LogP contribution in [0.5, 0.6) is 0 Å². The van der Waals surface area contributed by atoms with E-state index in [1.54, 1.807) is 0 Å². The third-order valence-corrected chi connectivity index (χ3v) is 4.17. The van der Waals surface area contributed by atoms with Crippen LogP contribution < -0.4 is 5.32 Å². The average molecular weight is 339 g/mol. The Hall–Kier alpha value is -1.26. The van der Waals surface area contributed by atoms with Crippen LogP contribution in [0.2, 0.25) is 5.02 Å². The smallest absolute Gasteiger partial charge is 0.407 e. The molecule has 1 aromatic carbocycles. The molecule has 0 bridgehead atoms. The van der Waals surface area contributed by atoms with E-state index in [9.17, 15) is 4.79 Å². The van der Waals surface area contributed by atoms with E-state index in [4.69, 9.17) is 16.3 Å². The molecular weight excluding hydrogens is 312 g/mol.